The topological polar surface area (TPSA) is 83.9 Å². The van der Waals surface area contributed by atoms with Crippen LogP contribution in [0.25, 0.3) is 0 Å². The third kappa shape index (κ3) is 6.97. The van der Waals surface area contributed by atoms with Gasteiger partial charge in [-0.15, -0.1) is 0 Å². The van der Waals surface area contributed by atoms with E-state index in [1.807, 2.05) is 4.90 Å². The van der Waals surface area contributed by atoms with Gasteiger partial charge in [0.2, 0.25) is 0 Å². The lowest BCUT2D eigenvalue weighted by atomic mass is 9.84. The Morgan fingerprint density at radius 3 is 2.92 bits per heavy atom. The minimum Gasteiger partial charge on any atom is -0.480 e. The van der Waals surface area contributed by atoms with Gasteiger partial charge in [0.15, 0.2) is 0 Å². The number of halogens is 1. The van der Waals surface area contributed by atoms with Gasteiger partial charge in [0.25, 0.3) is 0 Å². The number of carboxylic acid groups (broad SMARTS) is 1. The predicted octanol–water partition coefficient (Wildman–Crippen LogP) is 5.70. The Hall–Kier alpha value is -2.55. The molecule has 0 aliphatic carbocycles. The van der Waals surface area contributed by atoms with Crippen molar-refractivity contribution >= 4 is 11.7 Å². The van der Waals surface area contributed by atoms with Crippen LogP contribution in [0.2, 0.25) is 0 Å². The molecule has 3 aliphatic heterocycles. The maximum Gasteiger partial charge on any atom is 0.325 e. The highest BCUT2D eigenvalue weighted by molar-refractivity contribution is 5.76. The molecule has 1 aromatic carbocycles. The number of likely N-dealkylation sites (tertiary alicyclic amines) is 1. The Morgan fingerprint density at radius 2 is 2.13 bits per heavy atom. The molecule has 0 bridgehead atoms. The molecular weight excluding hydrogens is 497 g/mol. The Labute approximate surface area is 231 Å². The third-order valence-electron chi connectivity index (χ3n) is 8.26. The Kier molecular flexibility index (Phi) is 8.84. The van der Waals surface area contributed by atoms with E-state index in [9.17, 15) is 14.3 Å². The molecule has 8 heteroatoms. The van der Waals surface area contributed by atoms with Crippen molar-refractivity contribution in [2.45, 2.75) is 83.5 Å². The van der Waals surface area contributed by atoms with Crippen LogP contribution >= 0.6 is 0 Å². The van der Waals surface area contributed by atoms with Gasteiger partial charge in [-0.25, -0.2) is 4.39 Å². The lowest BCUT2D eigenvalue weighted by Gasteiger charge is -2.31. The number of anilines is 1. The smallest absolute Gasteiger partial charge is 0.325 e. The fraction of sp³-hybridized carbons (Fsp3) is 0.613. The van der Waals surface area contributed by atoms with E-state index in [-0.39, 0.29) is 17.6 Å². The van der Waals surface area contributed by atoms with E-state index in [0.717, 1.165) is 80.6 Å². The van der Waals surface area contributed by atoms with Gasteiger partial charge < -0.3 is 19.9 Å². The fourth-order valence-electron chi connectivity index (χ4n) is 6.16. The van der Waals surface area contributed by atoms with Crippen LogP contribution in [0.15, 0.2) is 30.3 Å². The number of aromatic nitrogens is 1. The van der Waals surface area contributed by atoms with Crippen LogP contribution in [0, 0.1) is 11.2 Å². The zero-order valence-electron chi connectivity index (χ0n) is 23.3. The van der Waals surface area contributed by atoms with Crippen molar-refractivity contribution in [3.05, 3.63) is 58.7 Å². The summed E-state index contributed by atoms with van der Waals surface area (Å²) in [5.74, 6) is -1.38. The largest absolute Gasteiger partial charge is 0.480 e. The summed E-state index contributed by atoms with van der Waals surface area (Å²) in [4.78, 5) is 19.3. The molecule has 3 aliphatic rings. The first-order valence-electron chi connectivity index (χ1n) is 14.5. The van der Waals surface area contributed by atoms with Crippen LogP contribution in [0.3, 0.4) is 0 Å². The van der Waals surface area contributed by atoms with E-state index in [2.05, 4.69) is 31.3 Å². The van der Waals surface area contributed by atoms with E-state index in [0.29, 0.717) is 31.9 Å². The second-order valence-corrected chi connectivity index (χ2v) is 12.1. The summed E-state index contributed by atoms with van der Waals surface area (Å²) in [5.41, 5.74) is 4.96. The zero-order valence-corrected chi connectivity index (χ0v) is 23.3. The predicted molar refractivity (Wildman–Crippen MR) is 148 cm³/mol. The van der Waals surface area contributed by atoms with Gasteiger partial charge in [-0.2, -0.15) is 0 Å². The molecule has 0 amide bonds. The Morgan fingerprint density at radius 1 is 1.26 bits per heavy atom. The first-order valence-corrected chi connectivity index (χ1v) is 14.5. The Balaban J connectivity index is 1.12. The highest BCUT2D eigenvalue weighted by Crippen LogP contribution is 2.37. The first-order chi connectivity index (χ1) is 18.8. The molecule has 5 rings (SSSR count). The number of unbranched alkanes of at least 4 members (excludes halogenated alkanes) is 1. The molecule has 2 N–H and O–H groups in total. The van der Waals surface area contributed by atoms with Gasteiger partial charge in [0.1, 0.15) is 11.9 Å². The Bertz CT molecular complexity index is 1150. The lowest BCUT2D eigenvalue weighted by Crippen LogP contribution is -2.34. The second kappa shape index (κ2) is 12.3. The highest BCUT2D eigenvalue weighted by atomic mass is 19.1. The van der Waals surface area contributed by atoms with Crippen molar-refractivity contribution in [3.63, 3.8) is 0 Å². The normalized spacial score (nSPS) is 23.7. The standard InChI is InChI=1S/C31H42FN3O4/c1-31(2)18-27-26(33-20-31)12-10-22(34-27)7-3-5-15-38-23-13-14-35(19-23)29(30(36)37)25-17-21(32)9-11-24(25)28-8-4-6-16-39-28/h9-12,17,23,28-29,33H,3-8,13-16,18-20H2,1-2H3,(H,36,37)/t23-,28+,29?/m1/s1. The molecule has 7 nitrogen and oxygen atoms in total. The number of carbonyl (C=O) groups is 1. The summed E-state index contributed by atoms with van der Waals surface area (Å²) in [6.07, 6.45) is 7.24. The summed E-state index contributed by atoms with van der Waals surface area (Å²) in [7, 11) is 0. The molecule has 4 heterocycles. The number of nitrogens with one attached hydrogen (secondary N) is 1. The molecule has 39 heavy (non-hydrogen) atoms. The average molecular weight is 540 g/mol. The second-order valence-electron chi connectivity index (χ2n) is 12.1. The summed E-state index contributed by atoms with van der Waals surface area (Å²) < 4.78 is 26.4. The van der Waals surface area contributed by atoms with Gasteiger partial charge in [0.05, 0.1) is 23.6 Å². The van der Waals surface area contributed by atoms with Crippen LogP contribution in [0.4, 0.5) is 10.1 Å². The highest BCUT2D eigenvalue weighted by Gasteiger charge is 2.37. The van der Waals surface area contributed by atoms with Crippen molar-refractivity contribution in [1.82, 2.24) is 9.88 Å². The third-order valence-corrected chi connectivity index (χ3v) is 8.26. The summed E-state index contributed by atoms with van der Waals surface area (Å²) in [6, 6.07) is 7.85. The summed E-state index contributed by atoms with van der Waals surface area (Å²) >= 11 is 0. The molecule has 0 radical (unpaired) electrons. The van der Waals surface area contributed by atoms with Crippen molar-refractivity contribution in [2.75, 3.05) is 38.2 Å². The SMILES string of the molecule is CC1(C)CNc2ccc(CCCCO[C@@H]3CCN(C(C(=O)O)c4cc(F)ccc4[C@@H]4CCCCO4)C3)nc2C1. The van der Waals surface area contributed by atoms with E-state index in [1.165, 1.54) is 12.1 Å². The molecule has 1 aromatic heterocycles. The number of rotatable bonds is 10. The van der Waals surface area contributed by atoms with Crippen molar-refractivity contribution in [2.24, 2.45) is 5.41 Å². The van der Waals surface area contributed by atoms with E-state index in [4.69, 9.17) is 14.5 Å². The maximum atomic E-state index is 14.3. The van der Waals surface area contributed by atoms with E-state index < -0.39 is 17.8 Å². The van der Waals surface area contributed by atoms with E-state index in [1.54, 1.807) is 6.07 Å². The van der Waals surface area contributed by atoms with Crippen LogP contribution in [0.5, 0.6) is 0 Å². The fourth-order valence-corrected chi connectivity index (χ4v) is 6.16. The quantitative estimate of drug-likeness (QED) is 0.375. The zero-order chi connectivity index (χ0) is 27.4. The molecule has 0 spiro atoms. The van der Waals surface area contributed by atoms with E-state index >= 15 is 0 Å². The van der Waals surface area contributed by atoms with Crippen LogP contribution in [-0.2, 0) is 27.1 Å². The summed E-state index contributed by atoms with van der Waals surface area (Å²) in [5, 5.41) is 13.7. The average Bonchev–Trinajstić information content (AvgIpc) is 3.36. The minimum absolute atomic E-state index is 0.0232. The monoisotopic (exact) mass is 539 g/mol. The molecular formula is C31H42FN3O4. The van der Waals surface area contributed by atoms with Crippen molar-refractivity contribution in [1.29, 1.82) is 0 Å². The molecule has 2 saturated heterocycles. The number of aryl methyl sites for hydroxylation is 1. The maximum absolute atomic E-state index is 14.3. The molecule has 2 fully saturated rings. The number of hydrogen-bond acceptors (Lipinski definition) is 6. The molecule has 1 unspecified atom stereocenters. The number of aliphatic carboxylic acids is 1. The van der Waals surface area contributed by atoms with Gasteiger partial charge in [-0.1, -0.05) is 19.9 Å². The van der Waals surface area contributed by atoms with Crippen LogP contribution in [-0.4, -0.2) is 59.9 Å². The van der Waals surface area contributed by atoms with Crippen molar-refractivity contribution in [3.8, 4) is 0 Å². The number of pyridine rings is 1. The first kappa shape index (κ1) is 28.0. The number of benzene rings is 1. The minimum atomic E-state index is -0.963. The van der Waals surface area contributed by atoms with Crippen molar-refractivity contribution < 1.29 is 23.8 Å². The number of nitrogens with zero attached hydrogens (tertiary/aromatic N) is 2. The molecule has 212 valence electrons. The lowest BCUT2D eigenvalue weighted by molar-refractivity contribution is -0.143. The number of carboxylic acids is 1. The number of ether oxygens (including phenoxy) is 2. The summed E-state index contributed by atoms with van der Waals surface area (Å²) in [6.45, 7) is 7.91. The number of hydrogen-bond donors (Lipinski definition) is 2. The molecule has 0 saturated carbocycles. The van der Waals surface area contributed by atoms with Crippen LogP contribution in [0.1, 0.15) is 87.0 Å². The van der Waals surface area contributed by atoms with Gasteiger partial charge in [-0.3, -0.25) is 14.7 Å². The van der Waals surface area contributed by atoms with Gasteiger partial charge in [0, 0.05) is 38.5 Å². The molecule has 3 atom stereocenters. The number of fused-ring (bicyclic) bond motifs is 1. The van der Waals surface area contributed by atoms with Gasteiger partial charge >= 0.3 is 5.97 Å². The van der Waals surface area contributed by atoms with Crippen LogP contribution < -0.4 is 5.32 Å². The molecule has 2 aromatic rings. The van der Waals surface area contributed by atoms with Gasteiger partial charge in [-0.05, 0) is 92.2 Å².